The number of rotatable bonds is 1. The molecule has 0 fully saturated rings. The van der Waals surface area contributed by atoms with Crippen LogP contribution in [0, 0.1) is 0 Å². The Kier molecular flexibility index (Phi) is 2.62. The summed E-state index contributed by atoms with van der Waals surface area (Å²) in [7, 11) is 0. The van der Waals surface area contributed by atoms with Crippen LogP contribution in [0.1, 0.15) is 0 Å². The first-order chi connectivity index (χ1) is 4.34. The molecule has 0 heterocycles. The first-order valence-electron chi connectivity index (χ1n) is 2.52. The van der Waals surface area contributed by atoms with Crippen LogP contribution < -0.4 is 10.2 Å². The fourth-order valence-electron chi connectivity index (χ4n) is 0.571. The van der Waals surface area contributed by atoms with Crippen molar-refractivity contribution in [2.75, 3.05) is 5.73 Å². The molecule has 0 unspecified atom stereocenters. The van der Waals surface area contributed by atoms with Gasteiger partial charge in [0, 0.05) is 0 Å². The molecule has 0 aliphatic heterocycles. The Morgan fingerprint density at radius 3 is 2.44 bits per heavy atom. The van der Waals surface area contributed by atoms with Gasteiger partial charge >= 0.3 is 66.4 Å². The van der Waals surface area contributed by atoms with Gasteiger partial charge in [-0.2, -0.15) is 0 Å². The van der Waals surface area contributed by atoms with Crippen molar-refractivity contribution in [1.82, 2.24) is 0 Å². The number of para-hydroxylation sites is 1. The molecule has 0 aliphatic rings. The summed E-state index contributed by atoms with van der Waals surface area (Å²) in [5, 5.41) is 0. The Labute approximate surface area is 66.5 Å². The molecule has 2 N–H and O–H groups in total. The van der Waals surface area contributed by atoms with Gasteiger partial charge in [0.05, 0.1) is 0 Å². The van der Waals surface area contributed by atoms with E-state index in [9.17, 15) is 0 Å². The summed E-state index contributed by atoms with van der Waals surface area (Å²) in [4.78, 5) is 0. The van der Waals surface area contributed by atoms with Crippen molar-refractivity contribution in [3.8, 4) is 0 Å². The van der Waals surface area contributed by atoms with Crippen LogP contribution in [0.5, 0.6) is 0 Å². The van der Waals surface area contributed by atoms with Crippen molar-refractivity contribution in [1.29, 1.82) is 0 Å². The van der Waals surface area contributed by atoms with Gasteiger partial charge in [-0.25, -0.2) is 0 Å². The molecule has 1 rings (SSSR count). The third kappa shape index (κ3) is 1.73. The molecule has 1 aromatic rings. The molecule has 0 radical (unpaired) electrons. The molecule has 9 heavy (non-hydrogen) atoms. The predicted octanol–water partition coefficient (Wildman–Crippen LogP) is -0.586. The minimum atomic E-state index is 0.164. The monoisotopic (exact) mass is 253 g/mol. The Bertz CT molecular complexity index is 222. The Morgan fingerprint density at radius 1 is 1.33 bits per heavy atom. The van der Waals surface area contributed by atoms with Gasteiger partial charge in [0.25, 0.3) is 0 Å². The number of anilines is 1. The van der Waals surface area contributed by atoms with Crippen molar-refractivity contribution in [2.45, 2.75) is 0 Å². The summed E-state index contributed by atoms with van der Waals surface area (Å²) < 4.78 is 1.27. The fourth-order valence-corrected chi connectivity index (χ4v) is 3.07. The van der Waals surface area contributed by atoms with Crippen molar-refractivity contribution in [3.63, 3.8) is 0 Å². The summed E-state index contributed by atoms with van der Waals surface area (Å²) in [5.74, 6) is 0. The van der Waals surface area contributed by atoms with Crippen LogP contribution in [-0.4, -0.2) is 26.3 Å². The summed E-state index contributed by atoms with van der Waals surface area (Å²) in [6.45, 7) is 0. The molecule has 0 amide bonds. The van der Waals surface area contributed by atoms with E-state index >= 15 is 0 Å². The number of hydrogen-bond acceptors (Lipinski definition) is 1. The van der Waals surface area contributed by atoms with E-state index in [-0.39, 0.29) is 12.6 Å². The van der Waals surface area contributed by atoms with Gasteiger partial charge in [0.1, 0.15) is 0 Å². The molecule has 0 spiro atoms. The van der Waals surface area contributed by atoms with Crippen LogP contribution in [0.25, 0.3) is 0 Å². The van der Waals surface area contributed by atoms with E-state index in [2.05, 4.69) is 19.7 Å². The van der Waals surface area contributed by atoms with E-state index in [1.54, 1.807) is 0 Å². The van der Waals surface area contributed by atoms with Crippen molar-refractivity contribution in [3.05, 3.63) is 24.3 Å². The first kappa shape index (κ1) is 7.17. The zero-order valence-corrected chi connectivity index (χ0v) is 8.33. The number of nitrogens with two attached hydrogens (primary N) is 1. The van der Waals surface area contributed by atoms with Gasteiger partial charge in [0.2, 0.25) is 0 Å². The zero-order chi connectivity index (χ0) is 6.69. The molecule has 48 valence electrons. The second kappa shape index (κ2) is 3.28. The Hall–Kier alpha value is 0.0590. The standard InChI is InChI=1S/C6H7NSe2/c7-5-3-1-2-4-6(5)9-8/h1-4,9H,7H2. The number of nitrogen functional groups attached to an aromatic ring is 1. The fraction of sp³-hybridized carbons (Fsp3) is 0. The van der Waals surface area contributed by atoms with Gasteiger partial charge in [-0.1, -0.05) is 0 Å². The molecule has 3 heteroatoms. The van der Waals surface area contributed by atoms with E-state index in [1.807, 2.05) is 18.2 Å². The molecular weight excluding hydrogens is 244 g/mol. The second-order valence-electron chi connectivity index (χ2n) is 1.65. The second-order valence-corrected chi connectivity index (χ2v) is 5.03. The van der Waals surface area contributed by atoms with Crippen LogP contribution in [0.15, 0.2) is 24.3 Å². The molecule has 1 nitrogen and oxygen atoms in total. The number of hydrogen-bond donors (Lipinski definition) is 1. The predicted molar refractivity (Wildman–Crippen MR) is 43.4 cm³/mol. The minimum absolute atomic E-state index is 0.164. The molecular formula is C6H7NSe2. The molecule has 0 atom stereocenters. The van der Waals surface area contributed by atoms with Crippen molar-refractivity contribution in [2.24, 2.45) is 0 Å². The van der Waals surface area contributed by atoms with Crippen LogP contribution in [-0.2, 0) is 0 Å². The average Bonchev–Trinajstić information content (AvgIpc) is 1.89. The Balaban J connectivity index is 3.15. The van der Waals surface area contributed by atoms with E-state index in [0.717, 1.165) is 5.69 Å². The Morgan fingerprint density at radius 2 is 2.00 bits per heavy atom. The van der Waals surface area contributed by atoms with E-state index in [0.29, 0.717) is 0 Å². The maximum absolute atomic E-state index is 5.63. The maximum atomic E-state index is 5.63. The van der Waals surface area contributed by atoms with Gasteiger partial charge in [-0.15, -0.1) is 0 Å². The zero-order valence-electron chi connectivity index (χ0n) is 4.74. The molecule has 0 saturated heterocycles. The summed E-state index contributed by atoms with van der Waals surface area (Å²) in [5.41, 5.74) is 6.55. The number of benzene rings is 1. The molecule has 0 bridgehead atoms. The quantitative estimate of drug-likeness (QED) is 0.524. The van der Waals surface area contributed by atoms with E-state index < -0.39 is 0 Å². The van der Waals surface area contributed by atoms with Gasteiger partial charge < -0.3 is 0 Å². The molecule has 0 aromatic heterocycles. The third-order valence-electron chi connectivity index (χ3n) is 1.04. The third-order valence-corrected chi connectivity index (χ3v) is 4.45. The van der Waals surface area contributed by atoms with E-state index in [1.165, 1.54) is 4.46 Å². The topological polar surface area (TPSA) is 26.0 Å². The molecule has 0 saturated carbocycles. The summed E-state index contributed by atoms with van der Waals surface area (Å²) in [6.07, 6.45) is 0. The molecule has 0 aliphatic carbocycles. The van der Waals surface area contributed by atoms with Gasteiger partial charge in [-0.05, 0) is 0 Å². The average molecular weight is 251 g/mol. The SMILES string of the molecule is Nc1ccccc1[SeH]=[Se]. The first-order valence-corrected chi connectivity index (χ1v) is 8.21. The summed E-state index contributed by atoms with van der Waals surface area (Å²) >= 11 is 3.18. The van der Waals surface area contributed by atoms with Crippen LogP contribution >= 0.6 is 0 Å². The van der Waals surface area contributed by atoms with Crippen molar-refractivity contribution >= 4 is 36.4 Å². The van der Waals surface area contributed by atoms with Crippen LogP contribution in [0.4, 0.5) is 5.69 Å². The van der Waals surface area contributed by atoms with Crippen molar-refractivity contribution < 1.29 is 0 Å². The van der Waals surface area contributed by atoms with E-state index in [4.69, 9.17) is 5.73 Å². The van der Waals surface area contributed by atoms with Crippen LogP contribution in [0.3, 0.4) is 0 Å². The van der Waals surface area contributed by atoms with Crippen LogP contribution in [0.2, 0.25) is 0 Å². The summed E-state index contributed by atoms with van der Waals surface area (Å²) in [6, 6.07) is 7.96. The van der Waals surface area contributed by atoms with Gasteiger partial charge in [0.15, 0.2) is 0 Å². The van der Waals surface area contributed by atoms with Gasteiger partial charge in [-0.3, -0.25) is 0 Å². The molecule has 1 aromatic carbocycles. The normalized spacial score (nSPS) is 9.33.